The fourth-order valence-corrected chi connectivity index (χ4v) is 2.12. The van der Waals surface area contributed by atoms with Crippen molar-refractivity contribution >= 4 is 6.03 Å². The first-order valence-corrected chi connectivity index (χ1v) is 6.91. The van der Waals surface area contributed by atoms with Gasteiger partial charge < -0.3 is 15.1 Å². The minimum atomic E-state index is 0.0948. The zero-order valence-electron chi connectivity index (χ0n) is 11.5. The number of amides is 2. The maximum absolute atomic E-state index is 11.9. The summed E-state index contributed by atoms with van der Waals surface area (Å²) in [5.74, 6) is 0. The van der Waals surface area contributed by atoms with Crippen molar-refractivity contribution in [2.45, 2.75) is 46.1 Å². The van der Waals surface area contributed by atoms with Crippen molar-refractivity contribution in [1.82, 2.24) is 15.1 Å². The molecular formula is C13H27N3O. The van der Waals surface area contributed by atoms with Crippen LogP contribution in [0.25, 0.3) is 0 Å². The molecule has 4 heteroatoms. The highest BCUT2D eigenvalue weighted by molar-refractivity contribution is 5.74. The maximum atomic E-state index is 11.9. The van der Waals surface area contributed by atoms with E-state index in [0.717, 1.165) is 32.6 Å². The monoisotopic (exact) mass is 241 g/mol. The fourth-order valence-electron chi connectivity index (χ4n) is 2.12. The Hall–Kier alpha value is -0.770. The lowest BCUT2D eigenvalue weighted by atomic mass is 10.3. The summed E-state index contributed by atoms with van der Waals surface area (Å²) in [6.07, 6.45) is 3.60. The standard InChI is InChI=1S/C13H27N3O/c1-4-5-7-15-8-6-9-16(11-10-15)13(17)14-12(2)3/h12H,4-11H2,1-3H3,(H,14,17). The first-order valence-electron chi connectivity index (χ1n) is 6.91. The van der Waals surface area contributed by atoms with Gasteiger partial charge in [-0.1, -0.05) is 13.3 Å². The summed E-state index contributed by atoms with van der Waals surface area (Å²) < 4.78 is 0. The van der Waals surface area contributed by atoms with Gasteiger partial charge in [-0.05, 0) is 39.8 Å². The smallest absolute Gasteiger partial charge is 0.317 e. The normalized spacial score (nSPS) is 18.2. The molecule has 1 fully saturated rings. The minimum Gasteiger partial charge on any atom is -0.336 e. The van der Waals surface area contributed by atoms with Crippen LogP contribution >= 0.6 is 0 Å². The second kappa shape index (κ2) is 7.54. The molecule has 100 valence electrons. The van der Waals surface area contributed by atoms with Crippen molar-refractivity contribution in [3.63, 3.8) is 0 Å². The van der Waals surface area contributed by atoms with Gasteiger partial charge >= 0.3 is 6.03 Å². The van der Waals surface area contributed by atoms with Gasteiger partial charge in [0.15, 0.2) is 0 Å². The molecule has 0 radical (unpaired) electrons. The van der Waals surface area contributed by atoms with E-state index in [1.54, 1.807) is 0 Å². The highest BCUT2D eigenvalue weighted by Gasteiger charge is 2.18. The third-order valence-electron chi connectivity index (χ3n) is 3.12. The summed E-state index contributed by atoms with van der Waals surface area (Å²) in [5, 5.41) is 2.97. The Morgan fingerprint density at radius 2 is 2.00 bits per heavy atom. The van der Waals surface area contributed by atoms with Gasteiger partial charge in [-0.3, -0.25) is 0 Å². The average Bonchev–Trinajstić information content (AvgIpc) is 2.50. The topological polar surface area (TPSA) is 35.6 Å². The Morgan fingerprint density at radius 1 is 1.24 bits per heavy atom. The van der Waals surface area contributed by atoms with Gasteiger partial charge in [0.2, 0.25) is 0 Å². The van der Waals surface area contributed by atoms with Gasteiger partial charge in [-0.15, -0.1) is 0 Å². The summed E-state index contributed by atoms with van der Waals surface area (Å²) in [5.41, 5.74) is 0. The highest BCUT2D eigenvalue weighted by atomic mass is 16.2. The van der Waals surface area contributed by atoms with E-state index in [1.165, 1.54) is 19.4 Å². The van der Waals surface area contributed by atoms with E-state index in [1.807, 2.05) is 18.7 Å². The lowest BCUT2D eigenvalue weighted by Crippen LogP contribution is -2.44. The summed E-state index contributed by atoms with van der Waals surface area (Å²) in [4.78, 5) is 16.3. The lowest BCUT2D eigenvalue weighted by molar-refractivity contribution is 0.195. The number of unbranched alkanes of at least 4 members (excludes halogenated alkanes) is 1. The van der Waals surface area contributed by atoms with Crippen molar-refractivity contribution in [1.29, 1.82) is 0 Å². The average molecular weight is 241 g/mol. The molecule has 1 saturated heterocycles. The third kappa shape index (κ3) is 5.39. The van der Waals surface area contributed by atoms with Gasteiger partial charge in [-0.25, -0.2) is 4.79 Å². The SMILES string of the molecule is CCCCN1CCCN(C(=O)NC(C)C)CC1. The van der Waals surface area contributed by atoms with E-state index in [9.17, 15) is 4.79 Å². The van der Waals surface area contributed by atoms with Gasteiger partial charge in [0, 0.05) is 25.7 Å². The van der Waals surface area contributed by atoms with Gasteiger partial charge in [0.1, 0.15) is 0 Å². The first kappa shape index (κ1) is 14.3. The number of rotatable bonds is 4. The third-order valence-corrected chi connectivity index (χ3v) is 3.12. The summed E-state index contributed by atoms with van der Waals surface area (Å²) >= 11 is 0. The number of hydrogen-bond donors (Lipinski definition) is 1. The summed E-state index contributed by atoms with van der Waals surface area (Å²) in [6, 6.07) is 0.319. The van der Waals surface area contributed by atoms with E-state index in [0.29, 0.717) is 0 Å². The number of carbonyl (C=O) groups excluding carboxylic acids is 1. The van der Waals surface area contributed by atoms with Crippen LogP contribution in [0, 0.1) is 0 Å². The van der Waals surface area contributed by atoms with Crippen LogP contribution in [0.2, 0.25) is 0 Å². The van der Waals surface area contributed by atoms with Crippen LogP contribution in [-0.2, 0) is 0 Å². The Labute approximate surface area is 105 Å². The van der Waals surface area contributed by atoms with Crippen molar-refractivity contribution in [2.75, 3.05) is 32.7 Å². The highest BCUT2D eigenvalue weighted by Crippen LogP contribution is 2.05. The molecule has 4 nitrogen and oxygen atoms in total. The largest absolute Gasteiger partial charge is 0.336 e. The van der Waals surface area contributed by atoms with Crippen molar-refractivity contribution in [3.05, 3.63) is 0 Å². The van der Waals surface area contributed by atoms with E-state index >= 15 is 0 Å². The van der Waals surface area contributed by atoms with Crippen molar-refractivity contribution < 1.29 is 4.79 Å². The molecule has 0 unspecified atom stereocenters. The van der Waals surface area contributed by atoms with E-state index < -0.39 is 0 Å². The number of nitrogens with one attached hydrogen (secondary N) is 1. The molecule has 0 aromatic heterocycles. The minimum absolute atomic E-state index is 0.0948. The Morgan fingerprint density at radius 3 is 2.65 bits per heavy atom. The van der Waals surface area contributed by atoms with Crippen LogP contribution in [0.15, 0.2) is 0 Å². The molecule has 17 heavy (non-hydrogen) atoms. The van der Waals surface area contributed by atoms with Gasteiger partial charge in [0.25, 0.3) is 0 Å². The van der Waals surface area contributed by atoms with Crippen LogP contribution in [0.5, 0.6) is 0 Å². The molecule has 0 aliphatic carbocycles. The zero-order valence-corrected chi connectivity index (χ0v) is 11.5. The molecule has 0 bridgehead atoms. The quantitative estimate of drug-likeness (QED) is 0.816. The molecule has 2 amide bonds. The predicted octanol–water partition coefficient (Wildman–Crippen LogP) is 1.91. The fraction of sp³-hybridized carbons (Fsp3) is 0.923. The van der Waals surface area contributed by atoms with Crippen molar-refractivity contribution in [3.8, 4) is 0 Å². The second-order valence-electron chi connectivity index (χ2n) is 5.14. The number of nitrogens with zero attached hydrogens (tertiary/aromatic N) is 2. The van der Waals surface area contributed by atoms with Crippen LogP contribution in [0.4, 0.5) is 4.79 Å². The Bertz CT molecular complexity index is 231. The summed E-state index contributed by atoms with van der Waals surface area (Å²) in [7, 11) is 0. The van der Waals surface area contributed by atoms with E-state index in [-0.39, 0.29) is 12.1 Å². The molecule has 0 spiro atoms. The number of hydrogen-bond acceptors (Lipinski definition) is 2. The van der Waals surface area contributed by atoms with Crippen LogP contribution < -0.4 is 5.32 Å². The molecule has 0 aromatic carbocycles. The van der Waals surface area contributed by atoms with Crippen molar-refractivity contribution in [2.24, 2.45) is 0 Å². The molecule has 1 rings (SSSR count). The van der Waals surface area contributed by atoms with Gasteiger partial charge in [-0.2, -0.15) is 0 Å². The zero-order chi connectivity index (χ0) is 12.7. The molecule has 1 N–H and O–H groups in total. The first-order chi connectivity index (χ1) is 8.13. The summed E-state index contributed by atoms with van der Waals surface area (Å²) in [6.45, 7) is 11.3. The van der Waals surface area contributed by atoms with Crippen LogP contribution in [-0.4, -0.2) is 54.6 Å². The van der Waals surface area contributed by atoms with Crippen LogP contribution in [0.1, 0.15) is 40.0 Å². The molecule has 0 aromatic rings. The van der Waals surface area contributed by atoms with E-state index in [2.05, 4.69) is 17.1 Å². The number of urea groups is 1. The molecule has 1 aliphatic heterocycles. The molecule has 1 aliphatic rings. The maximum Gasteiger partial charge on any atom is 0.317 e. The lowest BCUT2D eigenvalue weighted by Gasteiger charge is -2.23. The molecular weight excluding hydrogens is 214 g/mol. The van der Waals surface area contributed by atoms with E-state index in [4.69, 9.17) is 0 Å². The van der Waals surface area contributed by atoms with Gasteiger partial charge in [0.05, 0.1) is 0 Å². The molecule has 0 atom stereocenters. The number of carbonyl (C=O) groups is 1. The van der Waals surface area contributed by atoms with Crippen LogP contribution in [0.3, 0.4) is 0 Å². The molecule has 1 heterocycles. The molecule has 0 saturated carbocycles. The second-order valence-corrected chi connectivity index (χ2v) is 5.14. The Balaban J connectivity index is 2.33. The predicted molar refractivity (Wildman–Crippen MR) is 71.2 cm³/mol. The Kier molecular flexibility index (Phi) is 6.34.